The Hall–Kier alpha value is -0.510. The van der Waals surface area contributed by atoms with Crippen LogP contribution < -0.4 is 0 Å². The SMILES string of the molecule is CSc1ccc(CN(C)C[C@@H]2CCCCO2)cc1. The van der Waals surface area contributed by atoms with E-state index in [1.807, 2.05) is 0 Å². The zero-order valence-corrected chi connectivity index (χ0v) is 12.2. The molecule has 2 nitrogen and oxygen atoms in total. The van der Waals surface area contributed by atoms with Crippen molar-refractivity contribution in [2.45, 2.75) is 36.8 Å². The summed E-state index contributed by atoms with van der Waals surface area (Å²) >= 11 is 1.79. The molecule has 2 rings (SSSR count). The summed E-state index contributed by atoms with van der Waals surface area (Å²) in [5.74, 6) is 0. The number of rotatable bonds is 5. The van der Waals surface area contributed by atoms with E-state index >= 15 is 0 Å². The summed E-state index contributed by atoms with van der Waals surface area (Å²) < 4.78 is 5.78. The van der Waals surface area contributed by atoms with E-state index in [9.17, 15) is 0 Å². The van der Waals surface area contributed by atoms with Gasteiger partial charge in [0.1, 0.15) is 0 Å². The molecule has 0 aromatic heterocycles. The van der Waals surface area contributed by atoms with E-state index in [2.05, 4.69) is 42.5 Å². The van der Waals surface area contributed by atoms with Gasteiger partial charge in [0.15, 0.2) is 0 Å². The third-order valence-corrected chi connectivity index (χ3v) is 4.14. The van der Waals surface area contributed by atoms with E-state index in [1.165, 1.54) is 29.7 Å². The maximum Gasteiger partial charge on any atom is 0.0702 e. The zero-order valence-electron chi connectivity index (χ0n) is 11.4. The van der Waals surface area contributed by atoms with Crippen LogP contribution in [0.4, 0.5) is 0 Å². The molecule has 1 heterocycles. The molecule has 0 radical (unpaired) electrons. The smallest absolute Gasteiger partial charge is 0.0702 e. The molecule has 100 valence electrons. The minimum atomic E-state index is 0.439. The number of hydrogen-bond donors (Lipinski definition) is 0. The first-order chi connectivity index (χ1) is 8.78. The van der Waals surface area contributed by atoms with Gasteiger partial charge in [0, 0.05) is 24.6 Å². The van der Waals surface area contributed by atoms with E-state index in [1.54, 1.807) is 11.8 Å². The van der Waals surface area contributed by atoms with Crippen LogP contribution in [0.1, 0.15) is 24.8 Å². The quantitative estimate of drug-likeness (QED) is 0.757. The van der Waals surface area contributed by atoms with Crippen molar-refractivity contribution in [1.29, 1.82) is 0 Å². The van der Waals surface area contributed by atoms with E-state index in [-0.39, 0.29) is 0 Å². The fraction of sp³-hybridized carbons (Fsp3) is 0.600. The molecule has 0 spiro atoms. The number of ether oxygens (including phenoxy) is 1. The third-order valence-electron chi connectivity index (χ3n) is 3.40. The van der Waals surface area contributed by atoms with Gasteiger partial charge in [0.2, 0.25) is 0 Å². The Morgan fingerprint density at radius 2 is 2.06 bits per heavy atom. The minimum absolute atomic E-state index is 0.439. The van der Waals surface area contributed by atoms with E-state index < -0.39 is 0 Å². The third kappa shape index (κ3) is 4.30. The Morgan fingerprint density at radius 3 is 2.67 bits per heavy atom. The van der Waals surface area contributed by atoms with Crippen molar-refractivity contribution in [1.82, 2.24) is 4.90 Å². The standard InChI is InChI=1S/C15H23NOS/c1-16(12-14-5-3-4-10-17-14)11-13-6-8-15(18-2)9-7-13/h6-9,14H,3-5,10-12H2,1-2H3/t14-/m0/s1. The molecule has 1 atom stereocenters. The predicted molar refractivity (Wildman–Crippen MR) is 78.1 cm³/mol. The molecule has 1 aliphatic rings. The lowest BCUT2D eigenvalue weighted by molar-refractivity contribution is -0.00259. The van der Waals surface area contributed by atoms with Crippen molar-refractivity contribution in [2.75, 3.05) is 26.5 Å². The zero-order chi connectivity index (χ0) is 12.8. The second-order valence-corrected chi connectivity index (χ2v) is 5.91. The molecule has 0 saturated carbocycles. The van der Waals surface area contributed by atoms with Gasteiger partial charge in [-0.2, -0.15) is 0 Å². The van der Waals surface area contributed by atoms with Gasteiger partial charge in [0.05, 0.1) is 6.10 Å². The fourth-order valence-electron chi connectivity index (χ4n) is 2.41. The monoisotopic (exact) mass is 265 g/mol. The molecule has 1 aromatic rings. The summed E-state index contributed by atoms with van der Waals surface area (Å²) in [7, 11) is 2.18. The van der Waals surface area contributed by atoms with Gasteiger partial charge >= 0.3 is 0 Å². The number of thioether (sulfide) groups is 1. The molecule has 0 bridgehead atoms. The first-order valence-electron chi connectivity index (χ1n) is 6.71. The van der Waals surface area contributed by atoms with Gasteiger partial charge in [-0.25, -0.2) is 0 Å². The highest BCUT2D eigenvalue weighted by atomic mass is 32.2. The summed E-state index contributed by atoms with van der Waals surface area (Å²) in [6.07, 6.45) is 6.32. The summed E-state index contributed by atoms with van der Waals surface area (Å²) in [6, 6.07) is 8.85. The predicted octanol–water partition coefficient (Wildman–Crippen LogP) is 3.41. The highest BCUT2D eigenvalue weighted by molar-refractivity contribution is 7.98. The minimum Gasteiger partial charge on any atom is -0.377 e. The summed E-state index contributed by atoms with van der Waals surface area (Å²) in [5.41, 5.74) is 1.38. The molecule has 1 aromatic carbocycles. The molecular formula is C15H23NOS. The largest absolute Gasteiger partial charge is 0.377 e. The van der Waals surface area contributed by atoms with Crippen LogP contribution in [0.15, 0.2) is 29.2 Å². The lowest BCUT2D eigenvalue weighted by Gasteiger charge is -2.27. The number of benzene rings is 1. The van der Waals surface area contributed by atoms with Crippen LogP contribution in [-0.4, -0.2) is 37.5 Å². The Balaban J connectivity index is 1.80. The first-order valence-corrected chi connectivity index (χ1v) is 7.93. The number of nitrogens with zero attached hydrogens (tertiary/aromatic N) is 1. The molecule has 1 aliphatic heterocycles. The molecular weight excluding hydrogens is 242 g/mol. The summed E-state index contributed by atoms with van der Waals surface area (Å²) in [5, 5.41) is 0. The van der Waals surface area contributed by atoms with Crippen molar-refractivity contribution in [2.24, 2.45) is 0 Å². The topological polar surface area (TPSA) is 12.5 Å². The maximum absolute atomic E-state index is 5.78. The Bertz CT molecular complexity index is 346. The Morgan fingerprint density at radius 1 is 1.28 bits per heavy atom. The molecule has 1 saturated heterocycles. The lowest BCUT2D eigenvalue weighted by atomic mass is 10.1. The lowest BCUT2D eigenvalue weighted by Crippen LogP contribution is -2.33. The van der Waals surface area contributed by atoms with Gasteiger partial charge in [-0.05, 0) is 50.3 Å². The normalized spacial score (nSPS) is 20.3. The summed E-state index contributed by atoms with van der Waals surface area (Å²) in [6.45, 7) is 3.00. The Kier molecular flexibility index (Phi) is 5.54. The molecule has 3 heteroatoms. The van der Waals surface area contributed by atoms with Crippen molar-refractivity contribution >= 4 is 11.8 Å². The molecule has 0 amide bonds. The number of likely N-dealkylation sites (N-methyl/N-ethyl adjacent to an activating group) is 1. The van der Waals surface area contributed by atoms with Crippen LogP contribution in [0.2, 0.25) is 0 Å². The van der Waals surface area contributed by atoms with Crippen molar-refractivity contribution in [3.8, 4) is 0 Å². The van der Waals surface area contributed by atoms with E-state index in [4.69, 9.17) is 4.74 Å². The first kappa shape index (κ1) is 13.9. The summed E-state index contributed by atoms with van der Waals surface area (Å²) in [4.78, 5) is 3.70. The van der Waals surface area contributed by atoms with Crippen LogP contribution in [0.5, 0.6) is 0 Å². The molecule has 0 unspecified atom stereocenters. The maximum atomic E-state index is 5.78. The molecule has 18 heavy (non-hydrogen) atoms. The van der Waals surface area contributed by atoms with Crippen molar-refractivity contribution < 1.29 is 4.74 Å². The Labute approximate surface area is 115 Å². The van der Waals surface area contributed by atoms with Crippen LogP contribution in [0.3, 0.4) is 0 Å². The molecule has 1 fully saturated rings. The fourth-order valence-corrected chi connectivity index (χ4v) is 2.81. The highest BCUT2D eigenvalue weighted by Crippen LogP contribution is 2.17. The average Bonchev–Trinajstić information content (AvgIpc) is 2.40. The van der Waals surface area contributed by atoms with Gasteiger partial charge in [-0.3, -0.25) is 4.90 Å². The van der Waals surface area contributed by atoms with Gasteiger partial charge < -0.3 is 4.74 Å². The second-order valence-electron chi connectivity index (χ2n) is 5.03. The highest BCUT2D eigenvalue weighted by Gasteiger charge is 2.15. The van der Waals surface area contributed by atoms with Crippen molar-refractivity contribution in [3.63, 3.8) is 0 Å². The second kappa shape index (κ2) is 7.17. The van der Waals surface area contributed by atoms with Crippen LogP contribution >= 0.6 is 11.8 Å². The van der Waals surface area contributed by atoms with Crippen LogP contribution in [-0.2, 0) is 11.3 Å². The number of hydrogen-bond acceptors (Lipinski definition) is 3. The van der Waals surface area contributed by atoms with E-state index in [0.717, 1.165) is 19.7 Å². The average molecular weight is 265 g/mol. The molecule has 0 aliphatic carbocycles. The van der Waals surface area contributed by atoms with E-state index in [0.29, 0.717) is 6.10 Å². The van der Waals surface area contributed by atoms with Gasteiger partial charge in [0.25, 0.3) is 0 Å². The molecule has 0 N–H and O–H groups in total. The van der Waals surface area contributed by atoms with Crippen LogP contribution in [0.25, 0.3) is 0 Å². The van der Waals surface area contributed by atoms with Gasteiger partial charge in [-0.1, -0.05) is 12.1 Å². The van der Waals surface area contributed by atoms with Crippen molar-refractivity contribution in [3.05, 3.63) is 29.8 Å². The van der Waals surface area contributed by atoms with Crippen LogP contribution in [0, 0.1) is 0 Å². The van der Waals surface area contributed by atoms with Gasteiger partial charge in [-0.15, -0.1) is 11.8 Å².